The minimum absolute atomic E-state index is 0.0199. The van der Waals surface area contributed by atoms with Gasteiger partial charge in [-0.2, -0.15) is 0 Å². The summed E-state index contributed by atoms with van der Waals surface area (Å²) < 4.78 is 18.9. The molecule has 0 aliphatic carbocycles. The molecule has 2 amide bonds. The van der Waals surface area contributed by atoms with Crippen molar-refractivity contribution in [2.75, 3.05) is 46.4 Å². The lowest BCUT2D eigenvalue weighted by Gasteiger charge is -2.34. The zero-order chi connectivity index (χ0) is 16.8. The summed E-state index contributed by atoms with van der Waals surface area (Å²) in [5, 5.41) is 2.75. The second-order valence-corrected chi connectivity index (χ2v) is 5.37. The molecule has 1 aliphatic heterocycles. The van der Waals surface area contributed by atoms with Crippen molar-refractivity contribution in [3.05, 3.63) is 29.6 Å². The SMILES string of the molecule is CCNC(=O)CN1CCN(C(=O)c2ccc(OC)cc2F)CC1. The Labute approximate surface area is 135 Å². The van der Waals surface area contributed by atoms with Crippen LogP contribution in [-0.2, 0) is 4.79 Å². The standard InChI is InChI=1S/C16H22FN3O3/c1-3-18-15(21)11-19-6-8-20(9-7-19)16(22)13-5-4-12(23-2)10-14(13)17/h4-5,10H,3,6-9,11H2,1-2H3,(H,18,21). The van der Waals surface area contributed by atoms with E-state index in [9.17, 15) is 14.0 Å². The van der Waals surface area contributed by atoms with Gasteiger partial charge in [0, 0.05) is 38.8 Å². The number of hydrogen-bond acceptors (Lipinski definition) is 4. The van der Waals surface area contributed by atoms with Gasteiger partial charge in [0.1, 0.15) is 11.6 Å². The minimum atomic E-state index is -0.584. The Balaban J connectivity index is 1.92. The maximum atomic E-state index is 14.0. The molecule has 1 heterocycles. The Kier molecular flexibility index (Phi) is 5.92. The Bertz CT molecular complexity index is 572. The number of nitrogens with zero attached hydrogens (tertiary/aromatic N) is 2. The number of hydrogen-bond donors (Lipinski definition) is 1. The normalized spacial score (nSPS) is 15.3. The summed E-state index contributed by atoms with van der Waals surface area (Å²) >= 11 is 0. The van der Waals surface area contributed by atoms with E-state index in [-0.39, 0.29) is 17.4 Å². The fraction of sp³-hybridized carbons (Fsp3) is 0.500. The summed E-state index contributed by atoms with van der Waals surface area (Å²) in [6, 6.07) is 4.22. The number of halogens is 1. The molecule has 0 unspecified atom stereocenters. The van der Waals surface area contributed by atoms with Gasteiger partial charge in [-0.15, -0.1) is 0 Å². The minimum Gasteiger partial charge on any atom is -0.497 e. The Morgan fingerprint density at radius 2 is 1.96 bits per heavy atom. The molecule has 1 aromatic carbocycles. The Hall–Kier alpha value is -2.15. The smallest absolute Gasteiger partial charge is 0.256 e. The van der Waals surface area contributed by atoms with Gasteiger partial charge in [0.05, 0.1) is 19.2 Å². The second-order valence-electron chi connectivity index (χ2n) is 5.37. The third kappa shape index (κ3) is 4.41. The van der Waals surface area contributed by atoms with Crippen LogP contribution in [0.1, 0.15) is 17.3 Å². The van der Waals surface area contributed by atoms with Crippen molar-refractivity contribution in [2.24, 2.45) is 0 Å². The third-order valence-corrected chi connectivity index (χ3v) is 3.81. The fourth-order valence-corrected chi connectivity index (χ4v) is 2.53. The molecule has 1 aromatic rings. The lowest BCUT2D eigenvalue weighted by atomic mass is 10.1. The first-order chi connectivity index (χ1) is 11.0. The molecule has 7 heteroatoms. The summed E-state index contributed by atoms with van der Waals surface area (Å²) in [7, 11) is 1.45. The molecule has 1 N–H and O–H groups in total. The molecule has 0 radical (unpaired) electrons. The summed E-state index contributed by atoms with van der Waals surface area (Å²) in [6.45, 7) is 4.95. The van der Waals surface area contributed by atoms with Gasteiger partial charge in [-0.3, -0.25) is 14.5 Å². The molecule has 23 heavy (non-hydrogen) atoms. The molecule has 0 aromatic heterocycles. The first-order valence-corrected chi connectivity index (χ1v) is 7.67. The van der Waals surface area contributed by atoms with Gasteiger partial charge in [0.2, 0.25) is 5.91 Å². The average molecular weight is 323 g/mol. The molecule has 0 atom stereocenters. The van der Waals surface area contributed by atoms with Crippen molar-refractivity contribution < 1.29 is 18.7 Å². The van der Waals surface area contributed by atoms with Crippen molar-refractivity contribution >= 4 is 11.8 Å². The van der Waals surface area contributed by atoms with Crippen molar-refractivity contribution in [3.63, 3.8) is 0 Å². The van der Waals surface area contributed by atoms with Crippen LogP contribution >= 0.6 is 0 Å². The van der Waals surface area contributed by atoms with E-state index in [1.807, 2.05) is 11.8 Å². The Morgan fingerprint density at radius 3 is 2.52 bits per heavy atom. The highest BCUT2D eigenvalue weighted by molar-refractivity contribution is 5.94. The zero-order valence-corrected chi connectivity index (χ0v) is 13.5. The number of methoxy groups -OCH3 is 1. The highest BCUT2D eigenvalue weighted by Crippen LogP contribution is 2.18. The zero-order valence-electron chi connectivity index (χ0n) is 13.5. The number of rotatable bonds is 5. The first kappa shape index (κ1) is 17.2. The molecule has 0 spiro atoms. The number of amides is 2. The highest BCUT2D eigenvalue weighted by Gasteiger charge is 2.25. The molecule has 0 bridgehead atoms. The molecule has 2 rings (SSSR count). The monoisotopic (exact) mass is 323 g/mol. The molecule has 1 saturated heterocycles. The number of nitrogens with one attached hydrogen (secondary N) is 1. The van der Waals surface area contributed by atoms with Crippen LogP contribution in [0.2, 0.25) is 0 Å². The highest BCUT2D eigenvalue weighted by atomic mass is 19.1. The van der Waals surface area contributed by atoms with Gasteiger partial charge in [-0.1, -0.05) is 0 Å². The maximum Gasteiger partial charge on any atom is 0.256 e. The summed E-state index contributed by atoms with van der Waals surface area (Å²) in [5.41, 5.74) is 0.0444. The lowest BCUT2D eigenvalue weighted by molar-refractivity contribution is -0.122. The van der Waals surface area contributed by atoms with Crippen LogP contribution in [0, 0.1) is 5.82 Å². The van der Waals surface area contributed by atoms with E-state index in [1.54, 1.807) is 11.0 Å². The van der Waals surface area contributed by atoms with Crippen LogP contribution in [0.25, 0.3) is 0 Å². The van der Waals surface area contributed by atoms with Crippen LogP contribution < -0.4 is 10.1 Å². The van der Waals surface area contributed by atoms with E-state index in [2.05, 4.69) is 5.32 Å². The van der Waals surface area contributed by atoms with E-state index < -0.39 is 5.82 Å². The topological polar surface area (TPSA) is 61.9 Å². The molecule has 126 valence electrons. The van der Waals surface area contributed by atoms with Gasteiger partial charge < -0.3 is 15.0 Å². The predicted molar refractivity (Wildman–Crippen MR) is 84.0 cm³/mol. The molecular weight excluding hydrogens is 301 g/mol. The van der Waals surface area contributed by atoms with Crippen LogP contribution in [0.3, 0.4) is 0 Å². The van der Waals surface area contributed by atoms with Gasteiger partial charge in [0.15, 0.2) is 0 Å². The van der Waals surface area contributed by atoms with Crippen LogP contribution in [0.15, 0.2) is 18.2 Å². The van der Waals surface area contributed by atoms with Crippen LogP contribution in [0.4, 0.5) is 4.39 Å². The van der Waals surface area contributed by atoms with E-state index in [0.717, 1.165) is 0 Å². The van der Waals surface area contributed by atoms with E-state index in [4.69, 9.17) is 4.74 Å². The lowest BCUT2D eigenvalue weighted by Crippen LogP contribution is -2.51. The molecule has 1 aliphatic rings. The average Bonchev–Trinajstić information content (AvgIpc) is 2.55. The number of benzene rings is 1. The molecule has 6 nitrogen and oxygen atoms in total. The van der Waals surface area contributed by atoms with E-state index in [1.165, 1.54) is 19.2 Å². The number of carbonyl (C=O) groups excluding carboxylic acids is 2. The van der Waals surface area contributed by atoms with Crippen LogP contribution in [-0.4, -0.2) is 68.0 Å². The Morgan fingerprint density at radius 1 is 1.26 bits per heavy atom. The van der Waals surface area contributed by atoms with Crippen molar-refractivity contribution in [1.82, 2.24) is 15.1 Å². The molecular formula is C16H22FN3O3. The summed E-state index contributed by atoms with van der Waals surface area (Å²) in [4.78, 5) is 27.6. The van der Waals surface area contributed by atoms with E-state index in [0.29, 0.717) is 45.0 Å². The largest absolute Gasteiger partial charge is 0.497 e. The molecule has 1 fully saturated rings. The van der Waals surface area contributed by atoms with Gasteiger partial charge >= 0.3 is 0 Å². The van der Waals surface area contributed by atoms with Crippen molar-refractivity contribution in [1.29, 1.82) is 0 Å². The number of ether oxygens (including phenoxy) is 1. The first-order valence-electron chi connectivity index (χ1n) is 7.67. The predicted octanol–water partition coefficient (Wildman–Crippen LogP) is 0.728. The van der Waals surface area contributed by atoms with Gasteiger partial charge in [-0.25, -0.2) is 4.39 Å². The second kappa shape index (κ2) is 7.92. The van der Waals surface area contributed by atoms with Crippen LogP contribution in [0.5, 0.6) is 5.75 Å². The van der Waals surface area contributed by atoms with Gasteiger partial charge in [0.25, 0.3) is 5.91 Å². The summed E-state index contributed by atoms with van der Waals surface area (Å²) in [5.74, 6) is -0.554. The third-order valence-electron chi connectivity index (χ3n) is 3.81. The number of piperazine rings is 1. The van der Waals surface area contributed by atoms with Crippen molar-refractivity contribution in [2.45, 2.75) is 6.92 Å². The number of carbonyl (C=O) groups is 2. The summed E-state index contributed by atoms with van der Waals surface area (Å²) in [6.07, 6.45) is 0. The molecule has 0 saturated carbocycles. The number of likely N-dealkylation sites (N-methyl/N-ethyl adjacent to an activating group) is 1. The van der Waals surface area contributed by atoms with Crippen molar-refractivity contribution in [3.8, 4) is 5.75 Å². The fourth-order valence-electron chi connectivity index (χ4n) is 2.53. The van der Waals surface area contributed by atoms with Gasteiger partial charge in [-0.05, 0) is 19.1 Å². The maximum absolute atomic E-state index is 14.0. The quantitative estimate of drug-likeness (QED) is 0.868. The van der Waals surface area contributed by atoms with E-state index >= 15 is 0 Å².